The van der Waals surface area contributed by atoms with Crippen LogP contribution in [0.15, 0.2) is 24.3 Å². The molecule has 3 rings (SSSR count). The van der Waals surface area contributed by atoms with E-state index in [1.807, 2.05) is 0 Å². The molecule has 0 unspecified atom stereocenters. The number of nitrogens with one attached hydrogen (secondary N) is 1. The highest BCUT2D eigenvalue weighted by Crippen LogP contribution is 2.49. The molecule has 0 aliphatic heterocycles. The molecule has 2 bridgehead atoms. The molecule has 3 nitrogen and oxygen atoms in total. The normalized spacial score (nSPS) is 28.4. The molecule has 0 heterocycles. The van der Waals surface area contributed by atoms with Crippen LogP contribution in [0.3, 0.4) is 0 Å². The Morgan fingerprint density at radius 3 is 2.95 bits per heavy atom. The Kier molecular flexibility index (Phi) is 4.13. The second-order valence-corrected chi connectivity index (χ2v) is 6.44. The third kappa shape index (κ3) is 3.36. The number of fused-ring (bicyclic) bond motifs is 2. The van der Waals surface area contributed by atoms with Gasteiger partial charge >= 0.3 is 0 Å². The molecule has 21 heavy (non-hydrogen) atoms. The van der Waals surface area contributed by atoms with Gasteiger partial charge in [-0.15, -0.1) is 0 Å². The number of benzene rings is 1. The first kappa shape index (κ1) is 14.4. The van der Waals surface area contributed by atoms with Crippen molar-refractivity contribution >= 4 is 5.91 Å². The fraction of sp³-hybridized carbons (Fsp3) is 0.588. The molecule has 1 aromatic rings. The number of hydrogen-bond acceptors (Lipinski definition) is 2. The molecule has 2 fully saturated rings. The van der Waals surface area contributed by atoms with E-state index in [-0.39, 0.29) is 24.4 Å². The van der Waals surface area contributed by atoms with Gasteiger partial charge in [0.1, 0.15) is 11.6 Å². The van der Waals surface area contributed by atoms with E-state index in [1.54, 1.807) is 12.1 Å². The Bertz CT molecular complexity index is 519. The molecule has 0 saturated heterocycles. The molecule has 2 aliphatic rings. The number of carbonyl (C=O) groups is 1. The second-order valence-electron chi connectivity index (χ2n) is 6.44. The van der Waals surface area contributed by atoms with Crippen molar-refractivity contribution in [2.75, 3.05) is 6.61 Å². The van der Waals surface area contributed by atoms with E-state index in [0.29, 0.717) is 11.7 Å². The zero-order chi connectivity index (χ0) is 14.8. The van der Waals surface area contributed by atoms with Gasteiger partial charge in [0.15, 0.2) is 6.61 Å². The lowest BCUT2D eigenvalue weighted by Crippen LogP contribution is -2.42. The maximum Gasteiger partial charge on any atom is 0.258 e. The van der Waals surface area contributed by atoms with Crippen molar-refractivity contribution in [1.29, 1.82) is 0 Å². The van der Waals surface area contributed by atoms with Gasteiger partial charge in [-0.1, -0.05) is 12.5 Å². The van der Waals surface area contributed by atoms with Crippen LogP contribution >= 0.6 is 0 Å². The summed E-state index contributed by atoms with van der Waals surface area (Å²) in [6, 6.07) is 6.05. The van der Waals surface area contributed by atoms with Crippen molar-refractivity contribution in [1.82, 2.24) is 5.32 Å². The quantitative estimate of drug-likeness (QED) is 0.905. The number of ether oxygens (including phenoxy) is 1. The average Bonchev–Trinajstić information content (AvgIpc) is 3.08. The summed E-state index contributed by atoms with van der Waals surface area (Å²) in [6.07, 6.45) is 5.27. The van der Waals surface area contributed by atoms with Crippen LogP contribution in [0.5, 0.6) is 5.75 Å². The lowest BCUT2D eigenvalue weighted by Gasteiger charge is -2.28. The summed E-state index contributed by atoms with van der Waals surface area (Å²) in [6.45, 7) is 2.03. The van der Waals surface area contributed by atoms with Crippen LogP contribution in [0.1, 0.15) is 32.6 Å². The Morgan fingerprint density at radius 2 is 2.29 bits per heavy atom. The first-order chi connectivity index (χ1) is 10.1. The van der Waals surface area contributed by atoms with E-state index in [1.165, 1.54) is 37.8 Å². The average molecular weight is 291 g/mol. The number of hydrogen-bond donors (Lipinski definition) is 1. The van der Waals surface area contributed by atoms with Gasteiger partial charge in [0, 0.05) is 12.1 Å². The van der Waals surface area contributed by atoms with Gasteiger partial charge in [-0.25, -0.2) is 4.39 Å². The van der Waals surface area contributed by atoms with Crippen LogP contribution < -0.4 is 10.1 Å². The second kappa shape index (κ2) is 6.04. The van der Waals surface area contributed by atoms with Crippen molar-refractivity contribution in [3.63, 3.8) is 0 Å². The molecule has 0 spiro atoms. The minimum atomic E-state index is -0.358. The lowest BCUT2D eigenvalue weighted by molar-refractivity contribution is -0.124. The Labute approximate surface area is 124 Å². The predicted octanol–water partition coefficient (Wildman–Crippen LogP) is 3.15. The summed E-state index contributed by atoms with van der Waals surface area (Å²) in [7, 11) is 0. The Hall–Kier alpha value is -1.58. The van der Waals surface area contributed by atoms with E-state index in [9.17, 15) is 9.18 Å². The lowest BCUT2D eigenvalue weighted by atomic mass is 9.84. The SMILES string of the molecule is C[C@@H](NC(=O)COc1cccc(F)c1)[C@H]1C[C@@H]2CC[C@@H]1C2. The predicted molar refractivity (Wildman–Crippen MR) is 78.4 cm³/mol. The molecule has 4 heteroatoms. The van der Waals surface area contributed by atoms with Gasteiger partial charge in [0.2, 0.25) is 0 Å². The van der Waals surface area contributed by atoms with E-state index >= 15 is 0 Å². The van der Waals surface area contributed by atoms with Gasteiger partial charge < -0.3 is 10.1 Å². The van der Waals surface area contributed by atoms with Crippen LogP contribution in [0.2, 0.25) is 0 Å². The highest BCUT2D eigenvalue weighted by molar-refractivity contribution is 5.77. The number of amides is 1. The van der Waals surface area contributed by atoms with E-state index in [4.69, 9.17) is 4.74 Å². The topological polar surface area (TPSA) is 38.3 Å². The maximum absolute atomic E-state index is 13.0. The van der Waals surface area contributed by atoms with Crippen molar-refractivity contribution < 1.29 is 13.9 Å². The van der Waals surface area contributed by atoms with Crippen LogP contribution in [-0.2, 0) is 4.79 Å². The molecule has 114 valence electrons. The number of rotatable bonds is 5. The fourth-order valence-corrected chi connectivity index (χ4v) is 4.01. The molecule has 0 radical (unpaired) electrons. The molecule has 1 N–H and O–H groups in total. The van der Waals surface area contributed by atoms with Gasteiger partial charge in [0.25, 0.3) is 5.91 Å². The van der Waals surface area contributed by atoms with Crippen LogP contribution in [0.25, 0.3) is 0 Å². The molecule has 4 atom stereocenters. The molecular formula is C17H22FNO2. The van der Waals surface area contributed by atoms with Crippen LogP contribution in [-0.4, -0.2) is 18.6 Å². The van der Waals surface area contributed by atoms with Crippen LogP contribution in [0, 0.1) is 23.6 Å². The highest BCUT2D eigenvalue weighted by Gasteiger charge is 2.42. The molecule has 2 aliphatic carbocycles. The molecule has 1 aromatic carbocycles. The van der Waals surface area contributed by atoms with Crippen molar-refractivity contribution in [2.45, 2.75) is 38.6 Å². The first-order valence-electron chi connectivity index (χ1n) is 7.79. The summed E-state index contributed by atoms with van der Waals surface area (Å²) in [5, 5.41) is 3.03. The van der Waals surface area contributed by atoms with E-state index in [2.05, 4.69) is 12.2 Å². The maximum atomic E-state index is 13.0. The summed E-state index contributed by atoms with van der Waals surface area (Å²) >= 11 is 0. The van der Waals surface area contributed by atoms with Gasteiger partial charge in [0.05, 0.1) is 0 Å². The van der Waals surface area contributed by atoms with Crippen molar-refractivity contribution in [3.8, 4) is 5.75 Å². The monoisotopic (exact) mass is 291 g/mol. The van der Waals surface area contributed by atoms with E-state index in [0.717, 1.165) is 11.8 Å². The number of halogens is 1. The summed E-state index contributed by atoms with van der Waals surface area (Å²) < 4.78 is 18.3. The van der Waals surface area contributed by atoms with Gasteiger partial charge in [-0.2, -0.15) is 0 Å². The smallest absolute Gasteiger partial charge is 0.258 e. The summed E-state index contributed by atoms with van der Waals surface area (Å²) in [5.41, 5.74) is 0. The minimum absolute atomic E-state index is 0.0609. The fourth-order valence-electron chi connectivity index (χ4n) is 4.01. The van der Waals surface area contributed by atoms with Gasteiger partial charge in [-0.05, 0) is 56.1 Å². The molecule has 1 amide bonds. The van der Waals surface area contributed by atoms with Crippen LogP contribution in [0.4, 0.5) is 4.39 Å². The highest BCUT2D eigenvalue weighted by atomic mass is 19.1. The molecule has 2 saturated carbocycles. The van der Waals surface area contributed by atoms with Crippen molar-refractivity contribution in [2.24, 2.45) is 17.8 Å². The van der Waals surface area contributed by atoms with E-state index < -0.39 is 0 Å². The minimum Gasteiger partial charge on any atom is -0.484 e. The Morgan fingerprint density at radius 1 is 1.43 bits per heavy atom. The Balaban J connectivity index is 1.46. The summed E-state index contributed by atoms with van der Waals surface area (Å²) in [5.74, 6) is 2.18. The third-order valence-electron chi connectivity index (χ3n) is 4.99. The number of carbonyl (C=O) groups excluding carboxylic acids is 1. The first-order valence-corrected chi connectivity index (χ1v) is 7.79. The zero-order valence-corrected chi connectivity index (χ0v) is 12.3. The third-order valence-corrected chi connectivity index (χ3v) is 4.99. The summed E-state index contributed by atoms with van der Waals surface area (Å²) in [4.78, 5) is 11.9. The molecule has 0 aromatic heterocycles. The standard InChI is InChI=1S/C17H22FNO2/c1-11(16-8-12-5-6-13(16)7-12)19-17(20)10-21-15-4-2-3-14(18)9-15/h2-4,9,11-13,16H,5-8,10H2,1H3,(H,19,20)/t11-,12-,13-,16-/m1/s1. The van der Waals surface area contributed by atoms with Gasteiger partial charge in [-0.3, -0.25) is 4.79 Å². The largest absolute Gasteiger partial charge is 0.484 e. The zero-order valence-electron chi connectivity index (χ0n) is 12.3. The van der Waals surface area contributed by atoms with Crippen molar-refractivity contribution in [3.05, 3.63) is 30.1 Å². The molecular weight excluding hydrogens is 269 g/mol.